The summed E-state index contributed by atoms with van der Waals surface area (Å²) in [6.45, 7) is 3.71. The smallest absolute Gasteiger partial charge is 0.214 e. The Bertz CT molecular complexity index is 1330. The predicted molar refractivity (Wildman–Crippen MR) is 130 cm³/mol. The van der Waals surface area contributed by atoms with E-state index in [9.17, 15) is 4.79 Å². The van der Waals surface area contributed by atoms with E-state index in [1.54, 1.807) is 48.0 Å². The second kappa shape index (κ2) is 9.01. The monoisotopic (exact) mass is 440 g/mol. The van der Waals surface area contributed by atoms with Crippen LogP contribution < -0.4 is 11.1 Å². The summed E-state index contributed by atoms with van der Waals surface area (Å²) in [7, 11) is 0. The van der Waals surface area contributed by atoms with E-state index in [4.69, 9.17) is 17.3 Å². The standard InChI is InChI=1S/C26H21ClN4O/c1-3-4-23-24(25(32)18-7-5-17(2)6-8-18)30-31(22-15-9-19(27)10-16-22)26(23)29-21-13-11-20(28)12-14-21/h5-16,29H,28H2,1-2H3. The lowest BCUT2D eigenvalue weighted by Gasteiger charge is -2.11. The van der Waals surface area contributed by atoms with Crippen LogP contribution in [0.3, 0.4) is 0 Å². The molecule has 0 spiro atoms. The van der Waals surface area contributed by atoms with Crippen LogP contribution in [0.2, 0.25) is 5.02 Å². The summed E-state index contributed by atoms with van der Waals surface area (Å²) in [5.74, 6) is 6.37. The van der Waals surface area contributed by atoms with Gasteiger partial charge < -0.3 is 11.1 Å². The Hall–Kier alpha value is -4.01. The summed E-state index contributed by atoms with van der Waals surface area (Å²) in [6.07, 6.45) is 0. The van der Waals surface area contributed by atoms with Crippen molar-refractivity contribution in [3.63, 3.8) is 0 Å². The molecular formula is C26H21ClN4O. The third-order valence-electron chi connectivity index (χ3n) is 4.91. The van der Waals surface area contributed by atoms with E-state index >= 15 is 0 Å². The number of anilines is 3. The molecule has 0 fully saturated rings. The summed E-state index contributed by atoms with van der Waals surface area (Å²) in [6, 6.07) is 22.0. The largest absolute Gasteiger partial charge is 0.399 e. The van der Waals surface area contributed by atoms with Gasteiger partial charge in [-0.25, -0.2) is 4.68 Å². The number of halogens is 1. The van der Waals surface area contributed by atoms with Crippen LogP contribution >= 0.6 is 11.6 Å². The van der Waals surface area contributed by atoms with Gasteiger partial charge in [0.1, 0.15) is 0 Å². The molecule has 0 amide bonds. The van der Waals surface area contributed by atoms with Crippen LogP contribution in [0.1, 0.15) is 34.1 Å². The van der Waals surface area contributed by atoms with Gasteiger partial charge in [-0.2, -0.15) is 5.10 Å². The zero-order valence-corrected chi connectivity index (χ0v) is 18.4. The molecule has 0 aliphatic rings. The molecule has 4 aromatic rings. The van der Waals surface area contributed by atoms with E-state index in [1.165, 1.54) is 0 Å². The fourth-order valence-electron chi connectivity index (χ4n) is 3.25. The highest BCUT2D eigenvalue weighted by Gasteiger charge is 2.24. The maximum absolute atomic E-state index is 13.4. The summed E-state index contributed by atoms with van der Waals surface area (Å²) in [5.41, 5.74) is 10.4. The fraction of sp³-hybridized carbons (Fsp3) is 0.0769. The van der Waals surface area contributed by atoms with Crippen LogP contribution in [0, 0.1) is 18.8 Å². The number of aryl methyl sites for hydroxylation is 1. The van der Waals surface area contributed by atoms with E-state index < -0.39 is 0 Å². The average Bonchev–Trinajstić information content (AvgIpc) is 3.14. The molecule has 5 nitrogen and oxygen atoms in total. The molecule has 6 heteroatoms. The van der Waals surface area contributed by atoms with Crippen LogP contribution in [0.4, 0.5) is 17.2 Å². The molecule has 0 radical (unpaired) electrons. The maximum Gasteiger partial charge on any atom is 0.214 e. The summed E-state index contributed by atoms with van der Waals surface area (Å²) in [4.78, 5) is 13.4. The quantitative estimate of drug-likeness (QED) is 0.235. The molecule has 0 saturated heterocycles. The lowest BCUT2D eigenvalue weighted by Crippen LogP contribution is -2.05. The second-order valence-electron chi connectivity index (χ2n) is 7.28. The minimum atomic E-state index is -0.198. The van der Waals surface area contributed by atoms with Gasteiger partial charge >= 0.3 is 0 Å². The van der Waals surface area contributed by atoms with E-state index in [0.29, 0.717) is 27.7 Å². The van der Waals surface area contributed by atoms with Gasteiger partial charge in [-0.3, -0.25) is 4.79 Å². The predicted octanol–water partition coefficient (Wildman–Crippen LogP) is 5.76. The Morgan fingerprint density at radius 1 is 1.00 bits per heavy atom. The van der Waals surface area contributed by atoms with Crippen molar-refractivity contribution in [2.45, 2.75) is 13.8 Å². The number of nitrogens with zero attached hydrogens (tertiary/aromatic N) is 2. The van der Waals surface area contributed by atoms with Gasteiger partial charge in [0, 0.05) is 22.0 Å². The molecule has 3 N–H and O–H groups in total. The Morgan fingerprint density at radius 2 is 1.66 bits per heavy atom. The van der Waals surface area contributed by atoms with E-state index in [0.717, 1.165) is 16.9 Å². The summed E-state index contributed by atoms with van der Waals surface area (Å²) in [5, 5.41) is 8.64. The molecule has 0 saturated carbocycles. The van der Waals surface area contributed by atoms with Gasteiger partial charge in [0.05, 0.1) is 11.3 Å². The first-order valence-electron chi connectivity index (χ1n) is 10.0. The average molecular weight is 441 g/mol. The van der Waals surface area contributed by atoms with Crippen molar-refractivity contribution >= 4 is 34.6 Å². The maximum atomic E-state index is 13.4. The number of nitrogens with two attached hydrogens (primary N) is 1. The zero-order valence-electron chi connectivity index (χ0n) is 17.7. The summed E-state index contributed by atoms with van der Waals surface area (Å²) < 4.78 is 1.67. The van der Waals surface area contributed by atoms with Crippen LogP contribution in [0.5, 0.6) is 0 Å². The van der Waals surface area contributed by atoms with E-state index in [1.807, 2.05) is 43.3 Å². The van der Waals surface area contributed by atoms with Crippen molar-refractivity contribution in [3.8, 4) is 17.5 Å². The number of hydrogen-bond donors (Lipinski definition) is 2. The molecule has 1 heterocycles. The molecule has 4 rings (SSSR count). The van der Waals surface area contributed by atoms with Crippen LogP contribution in [-0.4, -0.2) is 15.6 Å². The number of rotatable bonds is 5. The fourth-order valence-corrected chi connectivity index (χ4v) is 3.38. The molecule has 0 unspecified atom stereocenters. The van der Waals surface area contributed by atoms with Crippen molar-refractivity contribution in [3.05, 3.63) is 100 Å². The van der Waals surface area contributed by atoms with Crippen LogP contribution in [-0.2, 0) is 0 Å². The van der Waals surface area contributed by atoms with Gasteiger partial charge in [0.25, 0.3) is 0 Å². The number of nitrogens with one attached hydrogen (secondary N) is 1. The first kappa shape index (κ1) is 21.2. The van der Waals surface area contributed by atoms with Gasteiger partial charge in [-0.05, 0) is 62.4 Å². The Balaban J connectivity index is 1.90. The van der Waals surface area contributed by atoms with Gasteiger partial charge in [0.2, 0.25) is 5.78 Å². The highest BCUT2D eigenvalue weighted by atomic mass is 35.5. The van der Waals surface area contributed by atoms with Crippen LogP contribution in [0.15, 0.2) is 72.8 Å². The molecule has 0 atom stereocenters. The second-order valence-corrected chi connectivity index (χ2v) is 7.71. The van der Waals surface area contributed by atoms with Crippen molar-refractivity contribution in [1.29, 1.82) is 0 Å². The lowest BCUT2D eigenvalue weighted by molar-refractivity contribution is 0.103. The third kappa shape index (κ3) is 4.36. The number of benzene rings is 3. The number of hydrogen-bond acceptors (Lipinski definition) is 4. The van der Waals surface area contributed by atoms with Crippen molar-refractivity contribution < 1.29 is 4.79 Å². The molecule has 158 valence electrons. The van der Waals surface area contributed by atoms with E-state index in [2.05, 4.69) is 22.3 Å². The normalized spacial score (nSPS) is 10.3. The third-order valence-corrected chi connectivity index (χ3v) is 5.16. The molecule has 0 aliphatic heterocycles. The van der Waals surface area contributed by atoms with Crippen molar-refractivity contribution in [2.24, 2.45) is 0 Å². The van der Waals surface area contributed by atoms with Crippen molar-refractivity contribution in [2.75, 3.05) is 11.1 Å². The van der Waals surface area contributed by atoms with Gasteiger partial charge in [-0.15, -0.1) is 5.92 Å². The van der Waals surface area contributed by atoms with Crippen LogP contribution in [0.25, 0.3) is 5.69 Å². The van der Waals surface area contributed by atoms with Gasteiger partial charge in [-0.1, -0.05) is 47.4 Å². The van der Waals surface area contributed by atoms with Crippen molar-refractivity contribution in [1.82, 2.24) is 9.78 Å². The number of aromatic nitrogens is 2. The highest BCUT2D eigenvalue weighted by Crippen LogP contribution is 2.29. The zero-order chi connectivity index (χ0) is 22.7. The first-order valence-corrected chi connectivity index (χ1v) is 10.4. The van der Waals surface area contributed by atoms with E-state index in [-0.39, 0.29) is 11.5 Å². The van der Waals surface area contributed by atoms with Gasteiger partial charge in [0.15, 0.2) is 11.5 Å². The molecular weight excluding hydrogens is 420 g/mol. The number of ketones is 1. The topological polar surface area (TPSA) is 72.9 Å². The highest BCUT2D eigenvalue weighted by molar-refractivity contribution is 6.30. The Kier molecular flexibility index (Phi) is 5.98. The molecule has 32 heavy (non-hydrogen) atoms. The minimum Gasteiger partial charge on any atom is -0.399 e. The summed E-state index contributed by atoms with van der Waals surface area (Å²) >= 11 is 6.08. The number of carbonyl (C=O) groups is 1. The Labute approximate surface area is 191 Å². The first-order chi connectivity index (χ1) is 15.5. The lowest BCUT2D eigenvalue weighted by atomic mass is 10.0. The molecule has 1 aromatic heterocycles. The Morgan fingerprint density at radius 3 is 2.28 bits per heavy atom. The SMILES string of the molecule is CC#Cc1c(C(=O)c2ccc(C)cc2)nn(-c2ccc(Cl)cc2)c1Nc1ccc(N)cc1. The molecule has 0 aliphatic carbocycles. The minimum absolute atomic E-state index is 0.198. The number of nitrogen functional groups attached to an aromatic ring is 1. The molecule has 3 aromatic carbocycles. The molecule has 0 bridgehead atoms. The number of carbonyl (C=O) groups excluding carboxylic acids is 1.